The van der Waals surface area contributed by atoms with Crippen molar-refractivity contribution in [1.29, 1.82) is 0 Å². The molecule has 1 N–H and O–H groups in total. The topological polar surface area (TPSA) is 30.5 Å². The van der Waals surface area contributed by atoms with Crippen molar-refractivity contribution in [1.82, 2.24) is 5.32 Å². The van der Waals surface area contributed by atoms with E-state index < -0.39 is 0 Å². The van der Waals surface area contributed by atoms with Gasteiger partial charge < -0.3 is 14.8 Å². The Hall–Kier alpha value is -2.56. The minimum atomic E-state index is -0.235. The summed E-state index contributed by atoms with van der Waals surface area (Å²) in [5.74, 6) is 0.895. The molecule has 0 aliphatic rings. The molecule has 3 rings (SSSR count). The fraction of sp³-hybridized carbons (Fsp3) is 0.217. The number of hydrogen-bond acceptors (Lipinski definition) is 3. The number of rotatable bonds is 8. The van der Waals surface area contributed by atoms with Gasteiger partial charge in [0.25, 0.3) is 0 Å². The Labute approximate surface area is 170 Å². The van der Waals surface area contributed by atoms with Crippen LogP contribution < -0.4 is 14.8 Å². The Bertz CT molecular complexity index is 911. The molecule has 0 bridgehead atoms. The molecule has 5 heteroatoms. The number of hydrogen-bond donors (Lipinski definition) is 1. The van der Waals surface area contributed by atoms with Gasteiger partial charge in [-0.05, 0) is 47.9 Å². The summed E-state index contributed by atoms with van der Waals surface area (Å²) in [6.07, 6.45) is 0. The maximum Gasteiger partial charge on any atom is 0.180 e. The highest BCUT2D eigenvalue weighted by Gasteiger charge is 2.12. The third kappa shape index (κ3) is 5.47. The number of benzene rings is 3. The minimum Gasteiger partial charge on any atom is -0.493 e. The SMILES string of the molecule is COc1cc(CNCc2ccc(F)cc2)cc(Cl)c1OCc1ccc(C)cc1. The molecule has 28 heavy (non-hydrogen) atoms. The van der Waals surface area contributed by atoms with Crippen LogP contribution in [0.2, 0.25) is 5.02 Å². The van der Waals surface area contributed by atoms with Crippen LogP contribution in [0.1, 0.15) is 22.3 Å². The number of nitrogens with one attached hydrogen (secondary N) is 1. The lowest BCUT2D eigenvalue weighted by Gasteiger charge is -2.15. The van der Waals surface area contributed by atoms with E-state index in [1.807, 2.05) is 43.3 Å². The molecule has 0 atom stereocenters. The lowest BCUT2D eigenvalue weighted by Crippen LogP contribution is -2.13. The summed E-state index contributed by atoms with van der Waals surface area (Å²) in [6, 6.07) is 18.4. The van der Waals surface area contributed by atoms with Crippen molar-refractivity contribution in [3.63, 3.8) is 0 Å². The number of aryl methyl sites for hydroxylation is 1. The summed E-state index contributed by atoms with van der Waals surface area (Å²) >= 11 is 6.44. The molecule has 0 radical (unpaired) electrons. The maximum absolute atomic E-state index is 13.0. The van der Waals surface area contributed by atoms with Crippen LogP contribution in [0.15, 0.2) is 60.7 Å². The highest BCUT2D eigenvalue weighted by atomic mass is 35.5. The maximum atomic E-state index is 13.0. The summed E-state index contributed by atoms with van der Waals surface area (Å²) in [5.41, 5.74) is 4.26. The summed E-state index contributed by atoms with van der Waals surface area (Å²) in [6.45, 7) is 3.70. The van der Waals surface area contributed by atoms with Crippen LogP contribution in [-0.2, 0) is 19.7 Å². The monoisotopic (exact) mass is 399 g/mol. The van der Waals surface area contributed by atoms with E-state index in [9.17, 15) is 4.39 Å². The Morgan fingerprint density at radius 1 is 0.893 bits per heavy atom. The minimum absolute atomic E-state index is 0.235. The van der Waals surface area contributed by atoms with Gasteiger partial charge in [-0.1, -0.05) is 53.6 Å². The van der Waals surface area contributed by atoms with Crippen LogP contribution in [0.3, 0.4) is 0 Å². The number of methoxy groups -OCH3 is 1. The Kier molecular flexibility index (Phi) is 6.90. The summed E-state index contributed by atoms with van der Waals surface area (Å²) in [7, 11) is 1.60. The molecule has 3 aromatic rings. The van der Waals surface area contributed by atoms with Gasteiger partial charge in [-0.3, -0.25) is 0 Å². The lowest BCUT2D eigenvalue weighted by molar-refractivity contribution is 0.284. The van der Waals surface area contributed by atoms with Crippen molar-refractivity contribution >= 4 is 11.6 Å². The first-order valence-electron chi connectivity index (χ1n) is 9.05. The van der Waals surface area contributed by atoms with E-state index in [0.717, 1.165) is 16.7 Å². The average Bonchev–Trinajstić information content (AvgIpc) is 2.69. The summed E-state index contributed by atoms with van der Waals surface area (Å²) in [5, 5.41) is 3.83. The van der Waals surface area contributed by atoms with Crippen molar-refractivity contribution in [3.05, 3.63) is 93.8 Å². The molecule has 0 spiro atoms. The molecule has 0 aliphatic heterocycles. The normalized spacial score (nSPS) is 10.7. The zero-order valence-electron chi connectivity index (χ0n) is 16.0. The van der Waals surface area contributed by atoms with E-state index in [1.165, 1.54) is 17.7 Å². The highest BCUT2D eigenvalue weighted by Crippen LogP contribution is 2.37. The number of ether oxygens (including phenoxy) is 2. The zero-order valence-corrected chi connectivity index (χ0v) is 16.7. The van der Waals surface area contributed by atoms with Crippen molar-refractivity contribution in [2.45, 2.75) is 26.6 Å². The molecule has 0 aromatic heterocycles. The van der Waals surface area contributed by atoms with Crippen LogP contribution in [0, 0.1) is 12.7 Å². The first kappa shape index (κ1) is 20.2. The van der Waals surface area contributed by atoms with Gasteiger partial charge in [-0.2, -0.15) is 0 Å². The van der Waals surface area contributed by atoms with E-state index >= 15 is 0 Å². The molecule has 0 fully saturated rings. The second-order valence-corrected chi connectivity index (χ2v) is 7.02. The Balaban J connectivity index is 1.63. The second kappa shape index (κ2) is 9.58. The average molecular weight is 400 g/mol. The standard InChI is InChI=1S/C23H23ClFNO2/c1-16-3-5-18(6-4-16)15-28-23-21(24)11-19(12-22(23)27-2)14-26-13-17-7-9-20(25)10-8-17/h3-12,26H,13-15H2,1-2H3. The van der Waals surface area contributed by atoms with Crippen molar-refractivity contribution < 1.29 is 13.9 Å². The molecule has 0 unspecified atom stereocenters. The Morgan fingerprint density at radius 2 is 1.54 bits per heavy atom. The zero-order chi connectivity index (χ0) is 19.9. The first-order chi connectivity index (χ1) is 13.5. The van der Waals surface area contributed by atoms with Gasteiger partial charge in [0.05, 0.1) is 12.1 Å². The van der Waals surface area contributed by atoms with Gasteiger partial charge in [0.2, 0.25) is 0 Å². The summed E-state index contributed by atoms with van der Waals surface area (Å²) < 4.78 is 24.4. The van der Waals surface area contributed by atoms with Gasteiger partial charge in [-0.25, -0.2) is 4.39 Å². The molecule has 146 valence electrons. The number of halogens is 2. The third-order valence-electron chi connectivity index (χ3n) is 4.36. The largest absolute Gasteiger partial charge is 0.493 e. The van der Waals surface area contributed by atoms with Crippen molar-refractivity contribution in [2.24, 2.45) is 0 Å². The van der Waals surface area contributed by atoms with E-state index in [-0.39, 0.29) is 5.82 Å². The van der Waals surface area contributed by atoms with Crippen LogP contribution in [0.5, 0.6) is 11.5 Å². The molecular formula is C23H23ClFNO2. The van der Waals surface area contributed by atoms with Gasteiger partial charge in [0.15, 0.2) is 11.5 Å². The van der Waals surface area contributed by atoms with Crippen LogP contribution in [-0.4, -0.2) is 7.11 Å². The van der Waals surface area contributed by atoms with Crippen molar-refractivity contribution in [3.8, 4) is 11.5 Å². The third-order valence-corrected chi connectivity index (χ3v) is 4.65. The van der Waals surface area contributed by atoms with E-state index in [0.29, 0.717) is 36.2 Å². The van der Waals surface area contributed by atoms with Gasteiger partial charge in [-0.15, -0.1) is 0 Å². The van der Waals surface area contributed by atoms with Gasteiger partial charge in [0, 0.05) is 13.1 Å². The second-order valence-electron chi connectivity index (χ2n) is 6.61. The van der Waals surface area contributed by atoms with Crippen molar-refractivity contribution in [2.75, 3.05) is 7.11 Å². The summed E-state index contributed by atoms with van der Waals surface area (Å²) in [4.78, 5) is 0. The Morgan fingerprint density at radius 3 is 2.21 bits per heavy atom. The van der Waals surface area contributed by atoms with Gasteiger partial charge >= 0.3 is 0 Å². The molecular weight excluding hydrogens is 377 g/mol. The fourth-order valence-corrected chi connectivity index (χ4v) is 3.10. The van der Waals surface area contributed by atoms with Crippen LogP contribution in [0.25, 0.3) is 0 Å². The fourth-order valence-electron chi connectivity index (χ4n) is 2.81. The van der Waals surface area contributed by atoms with Crippen LogP contribution in [0.4, 0.5) is 4.39 Å². The molecule has 0 saturated carbocycles. The van der Waals surface area contributed by atoms with Crippen LogP contribution >= 0.6 is 11.6 Å². The van der Waals surface area contributed by atoms with E-state index in [4.69, 9.17) is 21.1 Å². The highest BCUT2D eigenvalue weighted by molar-refractivity contribution is 6.32. The molecule has 0 saturated heterocycles. The molecule has 0 heterocycles. The smallest absolute Gasteiger partial charge is 0.180 e. The predicted molar refractivity (Wildman–Crippen MR) is 110 cm³/mol. The molecule has 3 nitrogen and oxygen atoms in total. The molecule has 3 aromatic carbocycles. The quantitative estimate of drug-likeness (QED) is 0.529. The van der Waals surface area contributed by atoms with E-state index in [2.05, 4.69) is 5.32 Å². The lowest BCUT2D eigenvalue weighted by atomic mass is 10.1. The van der Waals surface area contributed by atoms with E-state index in [1.54, 1.807) is 19.2 Å². The first-order valence-corrected chi connectivity index (χ1v) is 9.43. The van der Waals surface area contributed by atoms with Gasteiger partial charge in [0.1, 0.15) is 12.4 Å². The molecule has 0 aliphatic carbocycles. The predicted octanol–water partition coefficient (Wildman–Crippen LogP) is 5.66. The molecule has 0 amide bonds.